The van der Waals surface area contributed by atoms with Gasteiger partial charge < -0.3 is 5.32 Å². The molecule has 2 atom stereocenters. The second-order valence-corrected chi connectivity index (χ2v) is 7.75. The second-order valence-electron chi connectivity index (χ2n) is 7.75. The molecule has 2 fully saturated rings. The van der Waals surface area contributed by atoms with Crippen molar-refractivity contribution >= 4 is 0 Å². The Hall–Kier alpha value is -0.0400. The summed E-state index contributed by atoms with van der Waals surface area (Å²) in [6.07, 6.45) is 14.5. The summed E-state index contributed by atoms with van der Waals surface area (Å²) in [5.41, 5.74) is 0.643. The molecule has 0 aliphatic heterocycles. The standard InChI is InChI=1S/C18H35N/c1-4-16-9-5-6-10-17(16)19-14-18(13-15(2)3)11-7-8-12-18/h15-17,19H,4-14H2,1-3H3. The number of nitrogens with one attached hydrogen (secondary N) is 1. The van der Waals surface area contributed by atoms with Gasteiger partial charge in [-0.2, -0.15) is 0 Å². The third-order valence-electron chi connectivity index (χ3n) is 5.68. The molecule has 0 amide bonds. The quantitative estimate of drug-likeness (QED) is 0.700. The molecule has 0 radical (unpaired) electrons. The molecule has 2 unspecified atom stereocenters. The van der Waals surface area contributed by atoms with Gasteiger partial charge >= 0.3 is 0 Å². The molecule has 2 saturated carbocycles. The highest BCUT2D eigenvalue weighted by molar-refractivity contribution is 4.90. The molecule has 0 aromatic heterocycles. The lowest BCUT2D eigenvalue weighted by molar-refractivity contribution is 0.181. The molecule has 0 aromatic rings. The van der Waals surface area contributed by atoms with E-state index in [0.717, 1.165) is 17.9 Å². The van der Waals surface area contributed by atoms with Gasteiger partial charge in [-0.25, -0.2) is 0 Å². The summed E-state index contributed by atoms with van der Waals surface area (Å²) in [5.74, 6) is 1.81. The van der Waals surface area contributed by atoms with Crippen LogP contribution in [0, 0.1) is 17.3 Å². The summed E-state index contributed by atoms with van der Waals surface area (Å²) >= 11 is 0. The molecular weight excluding hydrogens is 230 g/mol. The molecule has 0 heterocycles. The van der Waals surface area contributed by atoms with E-state index in [4.69, 9.17) is 0 Å². The first-order chi connectivity index (χ1) is 9.15. The first-order valence-corrected chi connectivity index (χ1v) is 8.88. The Labute approximate surface area is 120 Å². The van der Waals surface area contributed by atoms with Crippen molar-refractivity contribution in [1.82, 2.24) is 5.32 Å². The minimum absolute atomic E-state index is 0.643. The van der Waals surface area contributed by atoms with Crippen LogP contribution in [-0.4, -0.2) is 12.6 Å². The minimum atomic E-state index is 0.643. The van der Waals surface area contributed by atoms with Crippen LogP contribution >= 0.6 is 0 Å². The summed E-state index contributed by atoms with van der Waals surface area (Å²) in [6, 6.07) is 0.823. The molecule has 2 aliphatic carbocycles. The highest BCUT2D eigenvalue weighted by Gasteiger charge is 2.35. The largest absolute Gasteiger partial charge is 0.313 e. The van der Waals surface area contributed by atoms with Crippen LogP contribution in [0.25, 0.3) is 0 Å². The van der Waals surface area contributed by atoms with Crippen LogP contribution in [0.1, 0.15) is 85.0 Å². The van der Waals surface area contributed by atoms with E-state index in [9.17, 15) is 0 Å². The molecule has 19 heavy (non-hydrogen) atoms. The predicted octanol–water partition coefficient (Wildman–Crippen LogP) is 5.15. The van der Waals surface area contributed by atoms with E-state index in [1.807, 2.05) is 0 Å². The van der Waals surface area contributed by atoms with Gasteiger partial charge in [0.1, 0.15) is 0 Å². The van der Waals surface area contributed by atoms with Crippen molar-refractivity contribution in [2.24, 2.45) is 17.3 Å². The van der Waals surface area contributed by atoms with Gasteiger partial charge in [-0.3, -0.25) is 0 Å². The van der Waals surface area contributed by atoms with Crippen molar-refractivity contribution in [3.8, 4) is 0 Å². The highest BCUT2D eigenvalue weighted by Crippen LogP contribution is 2.43. The number of hydrogen-bond donors (Lipinski definition) is 1. The minimum Gasteiger partial charge on any atom is -0.313 e. The average Bonchev–Trinajstić information content (AvgIpc) is 2.85. The molecule has 0 saturated heterocycles. The van der Waals surface area contributed by atoms with Crippen LogP contribution in [-0.2, 0) is 0 Å². The van der Waals surface area contributed by atoms with Gasteiger partial charge in [-0.05, 0) is 49.4 Å². The van der Waals surface area contributed by atoms with Crippen molar-refractivity contribution in [3.63, 3.8) is 0 Å². The number of rotatable bonds is 6. The third kappa shape index (κ3) is 4.21. The molecule has 0 spiro atoms. The van der Waals surface area contributed by atoms with Crippen molar-refractivity contribution < 1.29 is 0 Å². The van der Waals surface area contributed by atoms with Crippen LogP contribution in [0.5, 0.6) is 0 Å². The van der Waals surface area contributed by atoms with Crippen LogP contribution in [0.2, 0.25) is 0 Å². The fourth-order valence-corrected chi connectivity index (χ4v) is 4.76. The van der Waals surface area contributed by atoms with E-state index in [-0.39, 0.29) is 0 Å². The zero-order chi connectivity index (χ0) is 13.7. The molecule has 0 bridgehead atoms. The molecule has 2 rings (SSSR count). The average molecular weight is 265 g/mol. The maximum Gasteiger partial charge on any atom is 0.00954 e. The fraction of sp³-hybridized carbons (Fsp3) is 1.00. The molecule has 0 aromatic carbocycles. The van der Waals surface area contributed by atoms with Crippen molar-refractivity contribution in [2.75, 3.05) is 6.54 Å². The maximum atomic E-state index is 4.01. The summed E-state index contributed by atoms with van der Waals surface area (Å²) in [5, 5.41) is 4.01. The van der Waals surface area contributed by atoms with Crippen LogP contribution in [0.15, 0.2) is 0 Å². The SMILES string of the molecule is CCC1CCCCC1NCC1(CC(C)C)CCCC1. The molecule has 112 valence electrons. The lowest BCUT2D eigenvalue weighted by Gasteiger charge is -2.37. The smallest absolute Gasteiger partial charge is 0.00954 e. The fourth-order valence-electron chi connectivity index (χ4n) is 4.76. The Morgan fingerprint density at radius 2 is 1.74 bits per heavy atom. The molecule has 2 aliphatic rings. The van der Waals surface area contributed by atoms with Crippen LogP contribution in [0.3, 0.4) is 0 Å². The summed E-state index contributed by atoms with van der Waals surface area (Å²) in [6.45, 7) is 8.47. The zero-order valence-corrected chi connectivity index (χ0v) is 13.5. The van der Waals surface area contributed by atoms with E-state index >= 15 is 0 Å². The van der Waals surface area contributed by atoms with Gasteiger partial charge in [0.05, 0.1) is 0 Å². The lowest BCUT2D eigenvalue weighted by Crippen LogP contribution is -2.44. The molecule has 1 N–H and O–H groups in total. The topological polar surface area (TPSA) is 12.0 Å². The molecule has 1 heteroatoms. The normalized spacial score (nSPS) is 30.9. The lowest BCUT2D eigenvalue weighted by atomic mass is 9.77. The van der Waals surface area contributed by atoms with E-state index in [1.54, 1.807) is 0 Å². The van der Waals surface area contributed by atoms with E-state index < -0.39 is 0 Å². The monoisotopic (exact) mass is 265 g/mol. The Bertz CT molecular complexity index is 252. The second kappa shape index (κ2) is 7.11. The number of hydrogen-bond acceptors (Lipinski definition) is 1. The summed E-state index contributed by atoms with van der Waals surface area (Å²) in [4.78, 5) is 0. The highest BCUT2D eigenvalue weighted by atomic mass is 14.9. The van der Waals surface area contributed by atoms with Gasteiger partial charge in [0.2, 0.25) is 0 Å². The van der Waals surface area contributed by atoms with E-state index in [2.05, 4.69) is 26.1 Å². The van der Waals surface area contributed by atoms with Gasteiger partial charge in [-0.15, -0.1) is 0 Å². The van der Waals surface area contributed by atoms with Gasteiger partial charge in [0, 0.05) is 12.6 Å². The first kappa shape index (κ1) is 15.4. The van der Waals surface area contributed by atoms with Gasteiger partial charge in [-0.1, -0.05) is 52.9 Å². The van der Waals surface area contributed by atoms with E-state index in [1.165, 1.54) is 70.8 Å². The Kier molecular flexibility index (Phi) is 5.74. The Morgan fingerprint density at radius 3 is 2.37 bits per heavy atom. The molecular formula is C18H35N. The third-order valence-corrected chi connectivity index (χ3v) is 5.68. The molecule has 1 nitrogen and oxygen atoms in total. The first-order valence-electron chi connectivity index (χ1n) is 8.88. The van der Waals surface area contributed by atoms with Gasteiger partial charge in [0.15, 0.2) is 0 Å². The van der Waals surface area contributed by atoms with Crippen LogP contribution < -0.4 is 5.32 Å². The summed E-state index contributed by atoms with van der Waals surface area (Å²) < 4.78 is 0. The maximum absolute atomic E-state index is 4.01. The van der Waals surface area contributed by atoms with Crippen molar-refractivity contribution in [1.29, 1.82) is 0 Å². The zero-order valence-electron chi connectivity index (χ0n) is 13.5. The Balaban J connectivity index is 1.87. The van der Waals surface area contributed by atoms with Crippen molar-refractivity contribution in [3.05, 3.63) is 0 Å². The summed E-state index contributed by atoms with van der Waals surface area (Å²) in [7, 11) is 0. The van der Waals surface area contributed by atoms with Crippen molar-refractivity contribution in [2.45, 2.75) is 91.0 Å². The Morgan fingerprint density at radius 1 is 1.05 bits per heavy atom. The van der Waals surface area contributed by atoms with Crippen LogP contribution in [0.4, 0.5) is 0 Å². The van der Waals surface area contributed by atoms with Gasteiger partial charge in [0.25, 0.3) is 0 Å². The predicted molar refractivity (Wildman–Crippen MR) is 84.4 cm³/mol. The van der Waals surface area contributed by atoms with E-state index in [0.29, 0.717) is 5.41 Å².